The zero-order valence-corrected chi connectivity index (χ0v) is 9.69. The minimum absolute atomic E-state index is 0.0688. The normalized spacial score (nSPS) is 17.5. The van der Waals surface area contributed by atoms with Crippen molar-refractivity contribution in [1.29, 1.82) is 0 Å². The highest BCUT2D eigenvalue weighted by atomic mass is 32.2. The topological polar surface area (TPSA) is 49.3 Å². The Morgan fingerprint density at radius 3 is 2.71 bits per heavy atom. The van der Waals surface area contributed by atoms with Crippen LogP contribution < -0.4 is 5.32 Å². The molecule has 17 heavy (non-hydrogen) atoms. The maximum Gasteiger partial charge on any atom is 0.304 e. The largest absolute Gasteiger partial charge is 0.481 e. The zero-order chi connectivity index (χ0) is 12.5. The van der Waals surface area contributed by atoms with Gasteiger partial charge in [-0.3, -0.25) is 4.79 Å². The van der Waals surface area contributed by atoms with Crippen LogP contribution in [0.4, 0.5) is 8.78 Å². The van der Waals surface area contributed by atoms with Gasteiger partial charge in [-0.1, -0.05) is 0 Å². The molecule has 0 atom stereocenters. The van der Waals surface area contributed by atoms with Crippen molar-refractivity contribution in [3.8, 4) is 0 Å². The van der Waals surface area contributed by atoms with Crippen molar-refractivity contribution < 1.29 is 18.7 Å². The van der Waals surface area contributed by atoms with Crippen molar-refractivity contribution in [2.45, 2.75) is 16.1 Å². The Morgan fingerprint density at radius 2 is 2.18 bits per heavy atom. The molecular formula is C11H11F2NO2S. The second-order valence-electron chi connectivity index (χ2n) is 4.03. The van der Waals surface area contributed by atoms with Gasteiger partial charge in [0.15, 0.2) is 0 Å². The van der Waals surface area contributed by atoms with Gasteiger partial charge in [-0.15, -0.1) is 11.8 Å². The SMILES string of the molecule is O=C(O)CC1(Sc2cc(F)ccc2F)CNC1. The van der Waals surface area contributed by atoms with Gasteiger partial charge in [-0.2, -0.15) is 0 Å². The molecule has 1 aromatic rings. The van der Waals surface area contributed by atoms with Crippen LogP contribution in [0.2, 0.25) is 0 Å². The van der Waals surface area contributed by atoms with E-state index in [2.05, 4.69) is 5.32 Å². The van der Waals surface area contributed by atoms with Crippen LogP contribution in [0.5, 0.6) is 0 Å². The Labute approximate surface area is 101 Å². The molecule has 3 nitrogen and oxygen atoms in total. The predicted octanol–water partition coefficient (Wildman–Crippen LogP) is 1.87. The fraction of sp³-hybridized carbons (Fsp3) is 0.364. The number of halogens is 2. The van der Waals surface area contributed by atoms with Gasteiger partial charge in [0.1, 0.15) is 11.6 Å². The fourth-order valence-corrected chi connectivity index (χ4v) is 3.05. The quantitative estimate of drug-likeness (QED) is 0.866. The van der Waals surface area contributed by atoms with E-state index >= 15 is 0 Å². The number of hydrogen-bond donors (Lipinski definition) is 2. The number of thioether (sulfide) groups is 1. The molecule has 0 aliphatic carbocycles. The van der Waals surface area contributed by atoms with Crippen LogP contribution in [0.15, 0.2) is 23.1 Å². The molecule has 0 unspecified atom stereocenters. The highest BCUT2D eigenvalue weighted by Gasteiger charge is 2.40. The highest BCUT2D eigenvalue weighted by molar-refractivity contribution is 8.00. The third kappa shape index (κ3) is 2.76. The van der Waals surface area contributed by atoms with Gasteiger partial charge >= 0.3 is 5.97 Å². The summed E-state index contributed by atoms with van der Waals surface area (Å²) >= 11 is 1.09. The van der Waals surface area contributed by atoms with Crippen molar-refractivity contribution in [2.75, 3.05) is 13.1 Å². The second-order valence-corrected chi connectivity index (χ2v) is 5.54. The third-order valence-corrected chi connectivity index (χ3v) is 3.99. The molecule has 2 rings (SSSR count). The van der Waals surface area contributed by atoms with Crippen molar-refractivity contribution in [3.05, 3.63) is 29.8 Å². The summed E-state index contributed by atoms with van der Waals surface area (Å²) in [5.41, 5.74) is 0. The van der Waals surface area contributed by atoms with Gasteiger partial charge in [-0.05, 0) is 18.2 Å². The van der Waals surface area contributed by atoms with Crippen LogP contribution in [0.1, 0.15) is 6.42 Å². The Morgan fingerprint density at radius 1 is 1.47 bits per heavy atom. The first-order valence-corrected chi connectivity index (χ1v) is 5.89. The molecule has 0 radical (unpaired) electrons. The summed E-state index contributed by atoms with van der Waals surface area (Å²) in [5.74, 6) is -1.98. The van der Waals surface area contributed by atoms with E-state index in [1.165, 1.54) is 0 Å². The second kappa shape index (κ2) is 4.62. The van der Waals surface area contributed by atoms with Gasteiger partial charge < -0.3 is 10.4 Å². The Bertz CT molecular complexity index is 449. The molecule has 1 aliphatic rings. The minimum atomic E-state index is -0.934. The molecule has 0 aromatic heterocycles. The number of aliphatic carboxylic acids is 1. The number of carboxylic acids is 1. The molecule has 0 saturated carbocycles. The van der Waals surface area contributed by atoms with E-state index in [1.807, 2.05) is 0 Å². The standard InChI is InChI=1S/C11H11F2NO2S/c12-7-1-2-8(13)9(3-7)17-11(4-10(15)16)5-14-6-11/h1-3,14H,4-6H2,(H,15,16). The van der Waals surface area contributed by atoms with Gasteiger partial charge in [0.05, 0.1) is 11.2 Å². The first kappa shape index (κ1) is 12.3. The molecule has 1 aromatic carbocycles. The molecule has 1 saturated heterocycles. The summed E-state index contributed by atoms with van der Waals surface area (Å²) in [4.78, 5) is 10.9. The average molecular weight is 259 g/mol. The smallest absolute Gasteiger partial charge is 0.304 e. The highest BCUT2D eigenvalue weighted by Crippen LogP contribution is 2.40. The van der Waals surface area contributed by atoms with E-state index in [1.54, 1.807) is 0 Å². The van der Waals surface area contributed by atoms with Gasteiger partial charge in [0.25, 0.3) is 0 Å². The number of nitrogens with one attached hydrogen (secondary N) is 1. The molecule has 92 valence electrons. The summed E-state index contributed by atoms with van der Waals surface area (Å²) < 4.78 is 25.9. The molecule has 1 fully saturated rings. The lowest BCUT2D eigenvalue weighted by Crippen LogP contribution is -2.58. The van der Waals surface area contributed by atoms with Crippen LogP contribution >= 0.6 is 11.8 Å². The summed E-state index contributed by atoms with van der Waals surface area (Å²) in [6, 6.07) is 3.20. The van der Waals surface area contributed by atoms with E-state index in [4.69, 9.17) is 5.11 Å². The lowest BCUT2D eigenvalue weighted by Gasteiger charge is -2.40. The van der Waals surface area contributed by atoms with Crippen molar-refractivity contribution >= 4 is 17.7 Å². The minimum Gasteiger partial charge on any atom is -0.481 e. The molecule has 0 amide bonds. The first-order valence-electron chi connectivity index (χ1n) is 5.07. The lowest BCUT2D eigenvalue weighted by atomic mass is 9.98. The summed E-state index contributed by atoms with van der Waals surface area (Å²) in [5, 5.41) is 11.8. The number of hydrogen-bond acceptors (Lipinski definition) is 3. The molecule has 1 heterocycles. The van der Waals surface area contributed by atoms with Crippen molar-refractivity contribution in [3.63, 3.8) is 0 Å². The van der Waals surface area contributed by atoms with E-state index in [9.17, 15) is 13.6 Å². The van der Waals surface area contributed by atoms with Crippen LogP contribution in [-0.4, -0.2) is 28.9 Å². The number of rotatable bonds is 4. The molecule has 2 N–H and O–H groups in total. The summed E-state index contributed by atoms with van der Waals surface area (Å²) in [6.07, 6.45) is -0.0688. The Hall–Kier alpha value is -1.14. The van der Waals surface area contributed by atoms with Gasteiger partial charge in [0.2, 0.25) is 0 Å². The molecule has 1 aliphatic heterocycles. The first-order chi connectivity index (χ1) is 8.01. The van der Waals surface area contributed by atoms with E-state index in [-0.39, 0.29) is 11.3 Å². The van der Waals surface area contributed by atoms with Gasteiger partial charge in [0, 0.05) is 18.0 Å². The number of carbonyl (C=O) groups is 1. The maximum atomic E-state index is 13.4. The molecule has 6 heteroatoms. The lowest BCUT2D eigenvalue weighted by molar-refractivity contribution is -0.138. The van der Waals surface area contributed by atoms with Crippen LogP contribution in [-0.2, 0) is 4.79 Å². The molecule has 0 bridgehead atoms. The number of carboxylic acid groups (broad SMARTS) is 1. The monoisotopic (exact) mass is 259 g/mol. The molecular weight excluding hydrogens is 248 g/mol. The van der Waals surface area contributed by atoms with Crippen molar-refractivity contribution in [2.24, 2.45) is 0 Å². The molecule has 0 spiro atoms. The van der Waals surface area contributed by atoms with Gasteiger partial charge in [-0.25, -0.2) is 8.78 Å². The third-order valence-electron chi connectivity index (χ3n) is 2.59. The average Bonchev–Trinajstić information content (AvgIpc) is 2.19. The van der Waals surface area contributed by atoms with E-state index in [0.29, 0.717) is 13.1 Å². The zero-order valence-electron chi connectivity index (χ0n) is 8.87. The van der Waals surface area contributed by atoms with E-state index in [0.717, 1.165) is 30.0 Å². The Balaban J connectivity index is 2.18. The van der Waals surface area contributed by atoms with Crippen LogP contribution in [0.25, 0.3) is 0 Å². The van der Waals surface area contributed by atoms with Crippen LogP contribution in [0.3, 0.4) is 0 Å². The summed E-state index contributed by atoms with van der Waals surface area (Å²) in [7, 11) is 0. The van der Waals surface area contributed by atoms with Crippen LogP contribution in [0, 0.1) is 11.6 Å². The maximum absolute atomic E-state index is 13.4. The fourth-order valence-electron chi connectivity index (χ4n) is 1.70. The summed E-state index contributed by atoms with van der Waals surface area (Å²) in [6.45, 7) is 0.972. The Kier molecular flexibility index (Phi) is 3.35. The number of benzene rings is 1. The predicted molar refractivity (Wildman–Crippen MR) is 60.1 cm³/mol. The van der Waals surface area contributed by atoms with E-state index < -0.39 is 22.4 Å². The van der Waals surface area contributed by atoms with Crippen molar-refractivity contribution in [1.82, 2.24) is 5.32 Å².